The number of nitrogens with one attached hydrogen (secondary N) is 1. The number of carbonyl (C=O) groups is 2. The number of benzene rings is 3. The van der Waals surface area contributed by atoms with Gasteiger partial charge in [0.1, 0.15) is 11.4 Å². The molecule has 0 aliphatic carbocycles. The molecule has 1 aliphatic heterocycles. The van der Waals surface area contributed by atoms with Gasteiger partial charge in [0.05, 0.1) is 17.9 Å². The van der Waals surface area contributed by atoms with Crippen LogP contribution in [0.25, 0.3) is 5.57 Å². The Kier molecular flexibility index (Phi) is 6.49. The van der Waals surface area contributed by atoms with Crippen LogP contribution in [-0.2, 0) is 9.59 Å². The van der Waals surface area contributed by atoms with Gasteiger partial charge in [-0.1, -0.05) is 66.5 Å². The number of carbonyl (C=O) groups excluding carboxylic acids is 2. The number of imide groups is 1. The molecule has 0 radical (unpaired) electrons. The van der Waals surface area contributed by atoms with Gasteiger partial charge in [0.2, 0.25) is 0 Å². The second-order valence-electron chi connectivity index (χ2n) is 7.19. The maximum atomic E-state index is 13.5. The third kappa shape index (κ3) is 4.49. The molecule has 7 heteroatoms. The second-order valence-corrected chi connectivity index (χ2v) is 8.06. The monoisotopic (exact) mass is 466 g/mol. The van der Waals surface area contributed by atoms with E-state index in [2.05, 4.69) is 5.32 Å². The molecule has 1 N–H and O–H groups in total. The van der Waals surface area contributed by atoms with E-state index < -0.39 is 11.8 Å². The molecule has 3 aromatic carbocycles. The average molecular weight is 467 g/mol. The average Bonchev–Trinajstić information content (AvgIpc) is 3.02. The summed E-state index contributed by atoms with van der Waals surface area (Å²) in [5.41, 5.74) is 2.01. The van der Waals surface area contributed by atoms with Crippen LogP contribution in [-0.4, -0.2) is 18.4 Å². The Hall–Kier alpha value is -3.28. The van der Waals surface area contributed by atoms with Gasteiger partial charge >= 0.3 is 0 Å². The predicted octanol–water partition coefficient (Wildman–Crippen LogP) is 6.18. The number of amides is 2. The molecule has 0 bridgehead atoms. The van der Waals surface area contributed by atoms with E-state index >= 15 is 0 Å². The van der Waals surface area contributed by atoms with E-state index in [1.807, 2.05) is 43.3 Å². The summed E-state index contributed by atoms with van der Waals surface area (Å²) in [6, 6.07) is 20.9. The standard InChI is InChI=1S/C25H20Cl2N2O3/c1-2-11-32-21-10-6-9-19(15-21)28-23-22(16-7-4-3-5-8-16)24(30)29(25(23)31)20-13-17(26)12-18(27)14-20/h3-10,12-15,28H,2,11H2,1H3. The van der Waals surface area contributed by atoms with Crippen LogP contribution < -0.4 is 15.0 Å². The van der Waals surface area contributed by atoms with Crippen molar-refractivity contribution in [2.75, 3.05) is 16.8 Å². The molecular formula is C25H20Cl2N2O3. The van der Waals surface area contributed by atoms with Crippen molar-refractivity contribution < 1.29 is 14.3 Å². The molecule has 0 fully saturated rings. The highest BCUT2D eigenvalue weighted by molar-refractivity contribution is 6.46. The second kappa shape index (κ2) is 9.47. The minimum Gasteiger partial charge on any atom is -0.494 e. The lowest BCUT2D eigenvalue weighted by atomic mass is 10.0. The van der Waals surface area contributed by atoms with E-state index in [0.717, 1.165) is 11.3 Å². The van der Waals surface area contributed by atoms with Crippen molar-refractivity contribution in [3.8, 4) is 5.75 Å². The highest BCUT2D eigenvalue weighted by Gasteiger charge is 2.40. The lowest BCUT2D eigenvalue weighted by Gasteiger charge is -2.16. The van der Waals surface area contributed by atoms with E-state index in [-0.39, 0.29) is 11.3 Å². The van der Waals surface area contributed by atoms with Crippen LogP contribution in [0, 0.1) is 0 Å². The highest BCUT2D eigenvalue weighted by Crippen LogP contribution is 2.36. The lowest BCUT2D eigenvalue weighted by molar-refractivity contribution is -0.120. The molecule has 2 amide bonds. The van der Waals surface area contributed by atoms with E-state index in [1.165, 1.54) is 12.1 Å². The molecule has 5 nitrogen and oxygen atoms in total. The Morgan fingerprint density at radius 1 is 0.875 bits per heavy atom. The van der Waals surface area contributed by atoms with E-state index in [0.29, 0.717) is 39.3 Å². The number of halogens is 2. The fourth-order valence-electron chi connectivity index (χ4n) is 3.45. The van der Waals surface area contributed by atoms with E-state index in [4.69, 9.17) is 27.9 Å². The fraction of sp³-hybridized carbons (Fsp3) is 0.120. The van der Waals surface area contributed by atoms with Gasteiger partial charge in [-0.15, -0.1) is 0 Å². The number of hydrogen-bond donors (Lipinski definition) is 1. The molecule has 3 aromatic rings. The van der Waals surface area contributed by atoms with Crippen molar-refractivity contribution in [3.63, 3.8) is 0 Å². The van der Waals surface area contributed by atoms with Gasteiger partial charge in [-0.25, -0.2) is 4.90 Å². The number of anilines is 2. The predicted molar refractivity (Wildman–Crippen MR) is 128 cm³/mol. The quantitative estimate of drug-likeness (QED) is 0.422. The van der Waals surface area contributed by atoms with E-state index in [1.54, 1.807) is 24.3 Å². The molecule has 0 saturated heterocycles. The molecular weight excluding hydrogens is 447 g/mol. The maximum Gasteiger partial charge on any atom is 0.282 e. The first-order chi connectivity index (χ1) is 15.5. The Balaban J connectivity index is 1.77. The van der Waals surface area contributed by atoms with Crippen molar-refractivity contribution in [3.05, 3.63) is 94.1 Å². The fourth-order valence-corrected chi connectivity index (χ4v) is 3.96. The maximum absolute atomic E-state index is 13.5. The largest absolute Gasteiger partial charge is 0.494 e. The Labute approximate surface area is 196 Å². The smallest absolute Gasteiger partial charge is 0.282 e. The molecule has 0 atom stereocenters. The highest BCUT2D eigenvalue weighted by atomic mass is 35.5. The third-order valence-electron chi connectivity index (χ3n) is 4.83. The lowest BCUT2D eigenvalue weighted by Crippen LogP contribution is -2.32. The summed E-state index contributed by atoms with van der Waals surface area (Å²) in [5.74, 6) is -0.276. The summed E-state index contributed by atoms with van der Waals surface area (Å²) in [4.78, 5) is 28.0. The zero-order valence-electron chi connectivity index (χ0n) is 17.3. The minimum absolute atomic E-state index is 0.171. The topological polar surface area (TPSA) is 58.6 Å². The molecule has 0 spiro atoms. The minimum atomic E-state index is -0.493. The summed E-state index contributed by atoms with van der Waals surface area (Å²) in [5, 5.41) is 3.80. The van der Waals surface area contributed by atoms with Crippen LogP contribution >= 0.6 is 23.2 Å². The summed E-state index contributed by atoms with van der Waals surface area (Å²) < 4.78 is 5.69. The molecule has 162 valence electrons. The van der Waals surface area contributed by atoms with Crippen molar-refractivity contribution in [1.29, 1.82) is 0 Å². The summed E-state index contributed by atoms with van der Waals surface area (Å²) >= 11 is 12.3. The van der Waals surface area contributed by atoms with Crippen LogP contribution in [0.2, 0.25) is 10.0 Å². The number of nitrogens with zero attached hydrogens (tertiary/aromatic N) is 1. The zero-order valence-corrected chi connectivity index (χ0v) is 18.8. The van der Waals surface area contributed by atoms with Crippen molar-refractivity contribution in [2.24, 2.45) is 0 Å². The molecule has 0 saturated carbocycles. The molecule has 1 aliphatic rings. The van der Waals surface area contributed by atoms with Crippen molar-refractivity contribution in [2.45, 2.75) is 13.3 Å². The van der Waals surface area contributed by atoms with Crippen LogP contribution in [0.15, 0.2) is 78.5 Å². The summed E-state index contributed by atoms with van der Waals surface area (Å²) in [6.45, 7) is 2.61. The molecule has 32 heavy (non-hydrogen) atoms. The van der Waals surface area contributed by atoms with E-state index in [9.17, 15) is 9.59 Å². The van der Waals surface area contributed by atoms with Gasteiger partial charge < -0.3 is 10.1 Å². The van der Waals surface area contributed by atoms with Crippen LogP contribution in [0.1, 0.15) is 18.9 Å². The van der Waals surface area contributed by atoms with Crippen molar-refractivity contribution in [1.82, 2.24) is 0 Å². The van der Waals surface area contributed by atoms with Gasteiger partial charge in [-0.05, 0) is 42.3 Å². The SMILES string of the molecule is CCCOc1cccc(NC2=C(c3ccccc3)C(=O)N(c3cc(Cl)cc(Cl)c3)C2=O)c1. The van der Waals surface area contributed by atoms with Gasteiger partial charge in [0, 0.05) is 21.8 Å². The molecule has 4 rings (SSSR count). The number of hydrogen-bond acceptors (Lipinski definition) is 4. The first-order valence-electron chi connectivity index (χ1n) is 10.1. The first-order valence-corrected chi connectivity index (χ1v) is 10.9. The van der Waals surface area contributed by atoms with Gasteiger partial charge in [-0.3, -0.25) is 9.59 Å². The Morgan fingerprint density at radius 3 is 2.28 bits per heavy atom. The molecule has 0 aromatic heterocycles. The number of rotatable bonds is 7. The van der Waals surface area contributed by atoms with Gasteiger partial charge in [0.15, 0.2) is 0 Å². The van der Waals surface area contributed by atoms with Crippen LogP contribution in [0.3, 0.4) is 0 Å². The number of ether oxygens (including phenoxy) is 1. The van der Waals surface area contributed by atoms with Crippen LogP contribution in [0.4, 0.5) is 11.4 Å². The summed E-state index contributed by atoms with van der Waals surface area (Å²) in [7, 11) is 0. The zero-order chi connectivity index (χ0) is 22.7. The molecule has 1 heterocycles. The van der Waals surface area contributed by atoms with Crippen molar-refractivity contribution >= 4 is 52.0 Å². The summed E-state index contributed by atoms with van der Waals surface area (Å²) in [6.07, 6.45) is 0.880. The normalized spacial score (nSPS) is 13.7. The Morgan fingerprint density at radius 2 is 1.59 bits per heavy atom. The first kappa shape index (κ1) is 21.9. The van der Waals surface area contributed by atoms with Gasteiger partial charge in [0.25, 0.3) is 11.8 Å². The van der Waals surface area contributed by atoms with Gasteiger partial charge in [-0.2, -0.15) is 0 Å². The van der Waals surface area contributed by atoms with Crippen LogP contribution in [0.5, 0.6) is 5.75 Å². The third-order valence-corrected chi connectivity index (χ3v) is 5.26. The Bertz CT molecular complexity index is 1190. The molecule has 0 unspecified atom stereocenters.